The van der Waals surface area contributed by atoms with Crippen molar-refractivity contribution in [2.75, 3.05) is 33.4 Å². The van der Waals surface area contributed by atoms with Crippen LogP contribution in [0.15, 0.2) is 0 Å². The summed E-state index contributed by atoms with van der Waals surface area (Å²) in [7, 11) is 2.22. The van der Waals surface area contributed by atoms with Crippen molar-refractivity contribution in [3.05, 3.63) is 0 Å². The summed E-state index contributed by atoms with van der Waals surface area (Å²) in [5.74, 6) is 0.771. The minimum atomic E-state index is -0.134. The highest BCUT2D eigenvalue weighted by atomic mass is 16.5. The highest BCUT2D eigenvalue weighted by Gasteiger charge is 2.34. The molecule has 0 spiro atoms. The topological polar surface area (TPSA) is 44.7 Å². The Labute approximate surface area is 123 Å². The molecule has 2 atom stereocenters. The first-order chi connectivity index (χ1) is 9.52. The monoisotopic (exact) mass is 284 g/mol. The first-order valence-corrected chi connectivity index (χ1v) is 8.19. The molecule has 0 aromatic carbocycles. The SMILES string of the molecule is CC(CC(C)(CO)NC1CC1)N(C)CC1CCOCC1. The molecule has 1 heterocycles. The lowest BCUT2D eigenvalue weighted by Crippen LogP contribution is -2.51. The van der Waals surface area contributed by atoms with Crippen LogP contribution >= 0.6 is 0 Å². The normalized spacial score (nSPS) is 25.6. The average Bonchev–Trinajstić information content (AvgIpc) is 3.23. The van der Waals surface area contributed by atoms with Crippen LogP contribution in [0.5, 0.6) is 0 Å². The van der Waals surface area contributed by atoms with Crippen molar-refractivity contribution in [1.29, 1.82) is 0 Å². The van der Waals surface area contributed by atoms with Gasteiger partial charge in [0.25, 0.3) is 0 Å². The molecule has 2 rings (SSSR count). The molecule has 0 aromatic heterocycles. The third kappa shape index (κ3) is 4.99. The van der Waals surface area contributed by atoms with Gasteiger partial charge in [-0.25, -0.2) is 0 Å². The van der Waals surface area contributed by atoms with Crippen LogP contribution in [0, 0.1) is 5.92 Å². The molecule has 2 aliphatic rings. The molecule has 4 heteroatoms. The summed E-state index contributed by atoms with van der Waals surface area (Å²) >= 11 is 0. The highest BCUT2D eigenvalue weighted by Crippen LogP contribution is 2.26. The van der Waals surface area contributed by atoms with Crippen LogP contribution in [0.1, 0.15) is 46.0 Å². The van der Waals surface area contributed by atoms with Gasteiger partial charge in [-0.3, -0.25) is 0 Å². The molecule has 1 saturated carbocycles. The number of ether oxygens (including phenoxy) is 1. The van der Waals surface area contributed by atoms with E-state index in [1.165, 1.54) is 25.7 Å². The summed E-state index contributed by atoms with van der Waals surface area (Å²) in [5.41, 5.74) is -0.134. The lowest BCUT2D eigenvalue weighted by atomic mass is 9.92. The van der Waals surface area contributed by atoms with Gasteiger partial charge in [0.15, 0.2) is 0 Å². The Balaban J connectivity index is 1.77. The number of aliphatic hydroxyl groups is 1. The van der Waals surface area contributed by atoms with Crippen LogP contribution in [-0.2, 0) is 4.74 Å². The van der Waals surface area contributed by atoms with Crippen molar-refractivity contribution in [3.8, 4) is 0 Å². The molecular formula is C16H32N2O2. The smallest absolute Gasteiger partial charge is 0.0611 e. The van der Waals surface area contributed by atoms with E-state index >= 15 is 0 Å². The second kappa shape index (κ2) is 7.21. The molecule has 0 radical (unpaired) electrons. The van der Waals surface area contributed by atoms with Gasteiger partial charge in [-0.2, -0.15) is 0 Å². The standard InChI is InChI=1S/C16H32N2O2/c1-13(10-16(2,12-19)17-15-4-5-15)18(3)11-14-6-8-20-9-7-14/h13-15,17,19H,4-12H2,1-3H3. The highest BCUT2D eigenvalue weighted by molar-refractivity contribution is 4.94. The molecule has 0 bridgehead atoms. The molecule has 1 aliphatic heterocycles. The number of hydrogen-bond acceptors (Lipinski definition) is 4. The van der Waals surface area contributed by atoms with Gasteiger partial charge in [-0.15, -0.1) is 0 Å². The van der Waals surface area contributed by atoms with Crippen LogP contribution in [0.25, 0.3) is 0 Å². The van der Waals surface area contributed by atoms with Gasteiger partial charge in [0, 0.05) is 37.4 Å². The molecule has 2 unspecified atom stereocenters. The first-order valence-electron chi connectivity index (χ1n) is 8.19. The van der Waals surface area contributed by atoms with Crippen molar-refractivity contribution < 1.29 is 9.84 Å². The van der Waals surface area contributed by atoms with Gasteiger partial charge in [0.2, 0.25) is 0 Å². The Hall–Kier alpha value is -0.160. The van der Waals surface area contributed by atoms with Crippen LogP contribution in [-0.4, -0.2) is 61.0 Å². The van der Waals surface area contributed by atoms with Crippen molar-refractivity contribution in [2.24, 2.45) is 5.92 Å². The summed E-state index contributed by atoms with van der Waals surface area (Å²) in [4.78, 5) is 2.46. The van der Waals surface area contributed by atoms with Crippen LogP contribution < -0.4 is 5.32 Å². The van der Waals surface area contributed by atoms with Gasteiger partial charge >= 0.3 is 0 Å². The Morgan fingerprint density at radius 1 is 1.30 bits per heavy atom. The van der Waals surface area contributed by atoms with Crippen molar-refractivity contribution in [2.45, 2.75) is 63.6 Å². The Morgan fingerprint density at radius 3 is 2.50 bits per heavy atom. The maximum Gasteiger partial charge on any atom is 0.0611 e. The van der Waals surface area contributed by atoms with E-state index in [0.717, 1.165) is 32.1 Å². The lowest BCUT2D eigenvalue weighted by Gasteiger charge is -2.37. The van der Waals surface area contributed by atoms with E-state index in [2.05, 4.69) is 31.1 Å². The minimum Gasteiger partial charge on any atom is -0.394 e. The zero-order chi connectivity index (χ0) is 14.6. The average molecular weight is 284 g/mol. The molecule has 1 saturated heterocycles. The molecule has 2 fully saturated rings. The molecule has 20 heavy (non-hydrogen) atoms. The first kappa shape index (κ1) is 16.2. The maximum absolute atomic E-state index is 9.72. The molecule has 4 nitrogen and oxygen atoms in total. The fourth-order valence-electron chi connectivity index (χ4n) is 3.21. The maximum atomic E-state index is 9.72. The quantitative estimate of drug-likeness (QED) is 0.711. The van der Waals surface area contributed by atoms with Crippen molar-refractivity contribution in [1.82, 2.24) is 10.2 Å². The predicted octanol–water partition coefficient (Wildman–Crippen LogP) is 1.63. The fourth-order valence-corrected chi connectivity index (χ4v) is 3.21. The van der Waals surface area contributed by atoms with Gasteiger partial charge < -0.3 is 20.1 Å². The van der Waals surface area contributed by atoms with Crippen molar-refractivity contribution >= 4 is 0 Å². The predicted molar refractivity (Wildman–Crippen MR) is 81.9 cm³/mol. The second-order valence-electron chi connectivity index (χ2n) is 7.19. The zero-order valence-corrected chi connectivity index (χ0v) is 13.4. The number of hydrogen-bond donors (Lipinski definition) is 2. The van der Waals surface area contributed by atoms with Crippen molar-refractivity contribution in [3.63, 3.8) is 0 Å². The van der Waals surface area contributed by atoms with E-state index < -0.39 is 0 Å². The van der Waals surface area contributed by atoms with E-state index in [-0.39, 0.29) is 12.1 Å². The van der Waals surface area contributed by atoms with Crippen LogP contribution in [0.2, 0.25) is 0 Å². The van der Waals surface area contributed by atoms with Crippen LogP contribution in [0.3, 0.4) is 0 Å². The summed E-state index contributed by atoms with van der Waals surface area (Å²) in [6, 6.07) is 1.13. The Bertz CT molecular complexity index is 290. The Kier molecular flexibility index (Phi) is 5.84. The Morgan fingerprint density at radius 2 is 1.95 bits per heavy atom. The summed E-state index contributed by atoms with van der Waals surface area (Å²) in [5, 5.41) is 13.3. The van der Waals surface area contributed by atoms with Gasteiger partial charge in [0.1, 0.15) is 0 Å². The number of rotatable bonds is 8. The number of nitrogens with zero attached hydrogens (tertiary/aromatic N) is 1. The summed E-state index contributed by atoms with van der Waals surface area (Å²) < 4.78 is 5.43. The van der Waals surface area contributed by atoms with E-state index in [1.807, 2.05) is 0 Å². The lowest BCUT2D eigenvalue weighted by molar-refractivity contribution is 0.0466. The van der Waals surface area contributed by atoms with E-state index in [0.29, 0.717) is 12.1 Å². The summed E-state index contributed by atoms with van der Waals surface area (Å²) in [6.45, 7) is 7.65. The molecular weight excluding hydrogens is 252 g/mol. The van der Waals surface area contributed by atoms with E-state index in [1.54, 1.807) is 0 Å². The van der Waals surface area contributed by atoms with Gasteiger partial charge in [-0.05, 0) is 58.9 Å². The number of aliphatic hydroxyl groups excluding tert-OH is 1. The molecule has 2 N–H and O–H groups in total. The third-order valence-electron chi connectivity index (χ3n) is 4.86. The molecule has 0 aromatic rings. The third-order valence-corrected chi connectivity index (χ3v) is 4.86. The summed E-state index contributed by atoms with van der Waals surface area (Å²) in [6.07, 6.45) is 5.91. The van der Waals surface area contributed by atoms with Crippen LogP contribution in [0.4, 0.5) is 0 Å². The van der Waals surface area contributed by atoms with E-state index in [4.69, 9.17) is 4.74 Å². The number of nitrogens with one attached hydrogen (secondary N) is 1. The van der Waals surface area contributed by atoms with Gasteiger partial charge in [-0.1, -0.05) is 0 Å². The molecule has 118 valence electrons. The largest absolute Gasteiger partial charge is 0.394 e. The second-order valence-corrected chi connectivity index (χ2v) is 7.19. The molecule has 0 amide bonds. The van der Waals surface area contributed by atoms with E-state index in [9.17, 15) is 5.11 Å². The fraction of sp³-hybridized carbons (Fsp3) is 1.00. The molecule has 1 aliphatic carbocycles. The van der Waals surface area contributed by atoms with Gasteiger partial charge in [0.05, 0.1) is 6.61 Å². The zero-order valence-electron chi connectivity index (χ0n) is 13.4. The minimum absolute atomic E-state index is 0.134.